The van der Waals surface area contributed by atoms with Crippen molar-refractivity contribution in [3.05, 3.63) is 77.4 Å². The molecule has 0 spiro atoms. The van der Waals surface area contributed by atoms with Crippen LogP contribution < -0.4 is 0 Å². The Hall–Kier alpha value is -1.95. The first-order valence-corrected chi connectivity index (χ1v) is 14.2. The van der Waals surface area contributed by atoms with Crippen LogP contribution in [-0.2, 0) is 9.84 Å². The van der Waals surface area contributed by atoms with Gasteiger partial charge in [0.15, 0.2) is 9.84 Å². The van der Waals surface area contributed by atoms with Crippen molar-refractivity contribution in [2.75, 3.05) is 5.75 Å². The van der Waals surface area contributed by atoms with Gasteiger partial charge in [0, 0.05) is 6.42 Å². The van der Waals surface area contributed by atoms with Crippen LogP contribution in [0.4, 0.5) is 0 Å². The Kier molecular flexibility index (Phi) is 7.37. The lowest BCUT2D eigenvalue weighted by molar-refractivity contribution is 0.0862. The van der Waals surface area contributed by atoms with Crippen LogP contribution in [0.15, 0.2) is 82.3 Å². The van der Waals surface area contributed by atoms with E-state index in [2.05, 4.69) is 38.7 Å². The van der Waals surface area contributed by atoms with Crippen molar-refractivity contribution in [1.82, 2.24) is 0 Å². The van der Waals surface area contributed by atoms with Crippen LogP contribution in [0, 0.1) is 17.3 Å². The fourth-order valence-electron chi connectivity index (χ4n) is 6.31. The minimum absolute atomic E-state index is 0.0567. The van der Waals surface area contributed by atoms with Crippen LogP contribution in [0.2, 0.25) is 0 Å². The molecule has 4 rings (SSSR count). The molecule has 184 valence electrons. The predicted molar refractivity (Wildman–Crippen MR) is 137 cm³/mol. The quantitative estimate of drug-likeness (QED) is 0.522. The summed E-state index contributed by atoms with van der Waals surface area (Å²) in [4.78, 5) is 0.405. The van der Waals surface area contributed by atoms with Gasteiger partial charge in [0.05, 0.1) is 22.9 Å². The number of allylic oxidation sites excluding steroid dienone is 5. The maximum atomic E-state index is 12.8. The fourth-order valence-corrected chi connectivity index (χ4v) is 7.79. The molecule has 1 aromatic rings. The molecule has 0 bridgehead atoms. The van der Waals surface area contributed by atoms with Gasteiger partial charge in [-0.3, -0.25) is 0 Å². The van der Waals surface area contributed by atoms with E-state index in [1.807, 2.05) is 6.07 Å². The molecule has 4 nitrogen and oxygen atoms in total. The average Bonchev–Trinajstić information content (AvgIpc) is 3.17. The Morgan fingerprint density at radius 2 is 1.94 bits per heavy atom. The SMILES string of the molecule is C=C1/C(=C\C=C2/CCC[C@]3(C)C([C@H](C)CCS(=O)(=O)c4ccccc4)=CC[C@@H]23)CC(O)CC1O. The molecule has 5 atom stereocenters. The van der Waals surface area contributed by atoms with Gasteiger partial charge < -0.3 is 10.2 Å². The number of hydrogen-bond donors (Lipinski definition) is 2. The zero-order valence-electron chi connectivity index (χ0n) is 20.4. The summed E-state index contributed by atoms with van der Waals surface area (Å²) in [6.45, 7) is 8.56. The Labute approximate surface area is 204 Å². The number of rotatable bonds is 6. The average molecular weight is 483 g/mol. The lowest BCUT2D eigenvalue weighted by atomic mass is 9.62. The van der Waals surface area contributed by atoms with E-state index in [-0.39, 0.29) is 17.1 Å². The van der Waals surface area contributed by atoms with Crippen LogP contribution in [0.1, 0.15) is 58.8 Å². The zero-order chi connectivity index (χ0) is 24.5. The number of hydrogen-bond acceptors (Lipinski definition) is 4. The van der Waals surface area contributed by atoms with Gasteiger partial charge in [0.25, 0.3) is 0 Å². The van der Waals surface area contributed by atoms with E-state index in [9.17, 15) is 18.6 Å². The van der Waals surface area contributed by atoms with E-state index in [1.165, 1.54) is 11.1 Å². The van der Waals surface area contributed by atoms with Gasteiger partial charge >= 0.3 is 0 Å². The standard InChI is InChI=1S/C29H38O4S/c1-20(15-17-34(32,33)25-9-5-4-6-10-25)26-13-14-27-22(8-7-16-29(26,27)3)11-12-23-18-24(30)19-28(31)21(23)2/h4-6,9-13,20,24,27-28,30-31H,2,7-8,14-19H2,1,3H3/b22-11+,23-12-/t20-,24?,27+,28?,29-/m1/s1. The first kappa shape index (κ1) is 25.2. The van der Waals surface area contributed by atoms with E-state index >= 15 is 0 Å². The molecule has 0 heterocycles. The Morgan fingerprint density at radius 3 is 2.68 bits per heavy atom. The van der Waals surface area contributed by atoms with E-state index in [4.69, 9.17) is 0 Å². The van der Waals surface area contributed by atoms with Crippen LogP contribution in [0.3, 0.4) is 0 Å². The number of aliphatic hydroxyl groups is 2. The summed E-state index contributed by atoms with van der Waals surface area (Å²) in [5.74, 6) is 0.806. The van der Waals surface area contributed by atoms with E-state index in [1.54, 1.807) is 24.3 Å². The maximum absolute atomic E-state index is 12.8. The minimum Gasteiger partial charge on any atom is -0.393 e. The third-order valence-corrected chi connectivity index (χ3v) is 10.1. The number of benzene rings is 1. The summed E-state index contributed by atoms with van der Waals surface area (Å²) in [5, 5.41) is 20.2. The van der Waals surface area contributed by atoms with Crippen LogP contribution in [-0.4, -0.2) is 36.6 Å². The van der Waals surface area contributed by atoms with Crippen molar-refractivity contribution in [2.45, 2.75) is 75.9 Å². The lowest BCUT2D eigenvalue weighted by Crippen LogP contribution is -2.33. The number of sulfone groups is 1. The van der Waals surface area contributed by atoms with Gasteiger partial charge in [-0.25, -0.2) is 8.42 Å². The third-order valence-electron chi connectivity index (χ3n) is 8.33. The molecule has 2 saturated carbocycles. The van der Waals surface area contributed by atoms with E-state index in [0.717, 1.165) is 36.8 Å². The summed E-state index contributed by atoms with van der Waals surface area (Å²) < 4.78 is 25.6. The normalized spacial score (nSPS) is 33.1. The molecular formula is C29H38O4S. The van der Waals surface area contributed by atoms with Gasteiger partial charge in [-0.1, -0.05) is 68.0 Å². The maximum Gasteiger partial charge on any atom is 0.178 e. The fraction of sp³-hybridized carbons (Fsp3) is 0.517. The van der Waals surface area contributed by atoms with Crippen LogP contribution >= 0.6 is 0 Å². The second kappa shape index (κ2) is 9.96. The molecule has 1 aromatic carbocycles. The largest absolute Gasteiger partial charge is 0.393 e. The Bertz CT molecular complexity index is 1110. The monoisotopic (exact) mass is 482 g/mol. The predicted octanol–water partition coefficient (Wildman–Crippen LogP) is 5.55. The van der Waals surface area contributed by atoms with Crippen molar-refractivity contribution in [2.24, 2.45) is 17.3 Å². The van der Waals surface area contributed by atoms with Gasteiger partial charge in [0.2, 0.25) is 0 Å². The minimum atomic E-state index is -3.28. The first-order chi connectivity index (χ1) is 16.1. The summed E-state index contributed by atoms with van der Waals surface area (Å²) in [5.41, 5.74) is 4.54. The highest BCUT2D eigenvalue weighted by molar-refractivity contribution is 7.91. The topological polar surface area (TPSA) is 74.6 Å². The van der Waals surface area contributed by atoms with Crippen LogP contribution in [0.25, 0.3) is 0 Å². The van der Waals surface area contributed by atoms with Crippen LogP contribution in [0.5, 0.6) is 0 Å². The summed E-state index contributed by atoms with van der Waals surface area (Å²) in [6.07, 6.45) is 11.2. The highest BCUT2D eigenvalue weighted by Gasteiger charge is 2.46. The van der Waals surface area contributed by atoms with Gasteiger partial charge in [-0.05, 0) is 79.1 Å². The second-order valence-corrected chi connectivity index (χ2v) is 12.7. The Morgan fingerprint density at radius 1 is 1.21 bits per heavy atom. The molecule has 34 heavy (non-hydrogen) atoms. The van der Waals surface area contributed by atoms with Gasteiger partial charge in [0.1, 0.15) is 0 Å². The van der Waals surface area contributed by atoms with Gasteiger partial charge in [-0.2, -0.15) is 0 Å². The van der Waals surface area contributed by atoms with Crippen molar-refractivity contribution < 1.29 is 18.6 Å². The third kappa shape index (κ3) is 5.02. The molecule has 2 fully saturated rings. The molecule has 2 unspecified atom stereocenters. The van der Waals surface area contributed by atoms with E-state index in [0.29, 0.717) is 30.1 Å². The van der Waals surface area contributed by atoms with Crippen molar-refractivity contribution in [3.8, 4) is 0 Å². The van der Waals surface area contributed by atoms with Crippen molar-refractivity contribution >= 4 is 9.84 Å². The molecule has 0 aliphatic heterocycles. The first-order valence-electron chi connectivity index (χ1n) is 12.5. The molecule has 0 aromatic heterocycles. The molecule has 3 aliphatic carbocycles. The molecule has 0 radical (unpaired) electrons. The van der Waals surface area contributed by atoms with Crippen molar-refractivity contribution in [1.29, 1.82) is 0 Å². The number of fused-ring (bicyclic) bond motifs is 1. The molecule has 0 saturated heterocycles. The smallest absolute Gasteiger partial charge is 0.178 e. The lowest BCUT2D eigenvalue weighted by Gasteiger charge is -2.42. The highest BCUT2D eigenvalue weighted by atomic mass is 32.2. The van der Waals surface area contributed by atoms with Crippen molar-refractivity contribution in [3.63, 3.8) is 0 Å². The molecule has 0 amide bonds. The molecule has 2 N–H and O–H groups in total. The summed E-state index contributed by atoms with van der Waals surface area (Å²) in [7, 11) is -3.28. The van der Waals surface area contributed by atoms with E-state index < -0.39 is 22.0 Å². The second-order valence-electron chi connectivity index (χ2n) is 10.6. The summed E-state index contributed by atoms with van der Waals surface area (Å²) >= 11 is 0. The van der Waals surface area contributed by atoms with Gasteiger partial charge in [-0.15, -0.1) is 0 Å². The molecular weight excluding hydrogens is 444 g/mol. The summed E-state index contributed by atoms with van der Waals surface area (Å²) in [6, 6.07) is 8.74. The highest BCUT2D eigenvalue weighted by Crippen LogP contribution is 2.57. The molecule has 3 aliphatic rings. The zero-order valence-corrected chi connectivity index (χ0v) is 21.2. The number of aliphatic hydroxyl groups excluding tert-OH is 2. The Balaban J connectivity index is 1.47. The molecule has 5 heteroatoms.